The van der Waals surface area contributed by atoms with Crippen molar-refractivity contribution in [3.8, 4) is 0 Å². The molecule has 1 aromatic rings. The Hall–Kier alpha value is -1.58. The van der Waals surface area contributed by atoms with Gasteiger partial charge in [-0.3, -0.25) is 0 Å². The normalized spacial score (nSPS) is 9.50. The Balaban J connectivity index is 3.09. The van der Waals surface area contributed by atoms with Crippen molar-refractivity contribution in [1.29, 1.82) is 0 Å². The molecule has 0 saturated heterocycles. The summed E-state index contributed by atoms with van der Waals surface area (Å²) in [5.41, 5.74) is 6.57. The molecule has 1 heterocycles. The molecule has 2 N–H and O–H groups in total. The first kappa shape index (κ1) is 8.52. The van der Waals surface area contributed by atoms with Crippen LogP contribution in [0.15, 0.2) is 12.1 Å². The molecule has 0 radical (unpaired) electrons. The maximum Gasteiger partial charge on any atom is 0.341 e. The van der Waals surface area contributed by atoms with E-state index in [9.17, 15) is 4.79 Å². The quantitative estimate of drug-likeness (QED) is 0.625. The maximum absolute atomic E-state index is 11.0. The molecule has 1 aromatic heterocycles. The van der Waals surface area contributed by atoms with Gasteiger partial charge in [0.25, 0.3) is 0 Å². The minimum Gasteiger partial charge on any atom is -0.465 e. The molecule has 0 fully saturated rings. The minimum absolute atomic E-state index is 0.210. The number of hydrogen-bond acceptors (Lipinski definition) is 4. The number of nitrogen functional groups attached to an aromatic ring is 1. The van der Waals surface area contributed by atoms with E-state index in [1.807, 2.05) is 0 Å². The molecule has 4 nitrogen and oxygen atoms in total. The van der Waals surface area contributed by atoms with E-state index in [4.69, 9.17) is 5.73 Å². The van der Waals surface area contributed by atoms with Gasteiger partial charge in [-0.25, -0.2) is 9.78 Å². The van der Waals surface area contributed by atoms with E-state index in [1.54, 1.807) is 19.1 Å². The number of ether oxygens (including phenoxy) is 1. The summed E-state index contributed by atoms with van der Waals surface area (Å²) >= 11 is 0. The Morgan fingerprint density at radius 2 is 2.25 bits per heavy atom. The van der Waals surface area contributed by atoms with E-state index in [0.717, 1.165) is 5.69 Å². The monoisotopic (exact) mass is 166 g/mol. The lowest BCUT2D eigenvalue weighted by Crippen LogP contribution is -2.07. The molecule has 1 rings (SSSR count). The van der Waals surface area contributed by atoms with Crippen molar-refractivity contribution in [1.82, 2.24) is 4.98 Å². The standard InChI is InChI=1S/C8H10N2O2/c1-5-3-4-6(7(9)10-5)8(11)12-2/h3-4H,1-2H3,(H2,9,10). The van der Waals surface area contributed by atoms with Gasteiger partial charge in [-0.1, -0.05) is 0 Å². The lowest BCUT2D eigenvalue weighted by Gasteiger charge is -2.02. The molecule has 64 valence electrons. The zero-order valence-electron chi connectivity index (χ0n) is 7.00. The van der Waals surface area contributed by atoms with Crippen LogP contribution in [-0.4, -0.2) is 18.1 Å². The number of methoxy groups -OCH3 is 1. The van der Waals surface area contributed by atoms with Crippen molar-refractivity contribution in [2.24, 2.45) is 0 Å². The summed E-state index contributed by atoms with van der Waals surface area (Å²) in [7, 11) is 1.31. The van der Waals surface area contributed by atoms with E-state index in [0.29, 0.717) is 5.56 Å². The van der Waals surface area contributed by atoms with Gasteiger partial charge >= 0.3 is 5.97 Å². The maximum atomic E-state index is 11.0. The topological polar surface area (TPSA) is 65.2 Å². The van der Waals surface area contributed by atoms with Crippen LogP contribution in [0.5, 0.6) is 0 Å². The fourth-order valence-corrected chi connectivity index (χ4v) is 0.859. The van der Waals surface area contributed by atoms with Crippen LogP contribution in [0.1, 0.15) is 16.1 Å². The number of nitrogens with two attached hydrogens (primary N) is 1. The Morgan fingerprint density at radius 1 is 1.58 bits per heavy atom. The number of pyridine rings is 1. The van der Waals surface area contributed by atoms with Gasteiger partial charge in [0.1, 0.15) is 11.4 Å². The number of aryl methyl sites for hydroxylation is 1. The fraction of sp³-hybridized carbons (Fsp3) is 0.250. The van der Waals surface area contributed by atoms with E-state index < -0.39 is 5.97 Å². The molecule has 0 unspecified atom stereocenters. The summed E-state index contributed by atoms with van der Waals surface area (Å²) in [6.07, 6.45) is 0. The van der Waals surface area contributed by atoms with Gasteiger partial charge in [0.05, 0.1) is 7.11 Å². The predicted molar refractivity (Wildman–Crippen MR) is 44.7 cm³/mol. The molecule has 0 spiro atoms. The lowest BCUT2D eigenvalue weighted by atomic mass is 10.2. The second-order valence-corrected chi connectivity index (χ2v) is 2.38. The number of carbonyl (C=O) groups is 1. The molecule has 0 aliphatic carbocycles. The van der Waals surface area contributed by atoms with Gasteiger partial charge in [-0.05, 0) is 19.1 Å². The summed E-state index contributed by atoms with van der Waals surface area (Å²) in [5.74, 6) is -0.248. The molecule has 0 bridgehead atoms. The van der Waals surface area contributed by atoms with Crippen LogP contribution < -0.4 is 5.73 Å². The largest absolute Gasteiger partial charge is 0.465 e. The van der Waals surface area contributed by atoms with Crippen LogP contribution in [0.3, 0.4) is 0 Å². The van der Waals surface area contributed by atoms with E-state index in [1.165, 1.54) is 7.11 Å². The molecule has 0 amide bonds. The van der Waals surface area contributed by atoms with E-state index in [2.05, 4.69) is 9.72 Å². The summed E-state index contributed by atoms with van der Waals surface area (Å²) in [6, 6.07) is 3.31. The Bertz CT molecular complexity index is 310. The predicted octanol–water partition coefficient (Wildman–Crippen LogP) is 0.759. The SMILES string of the molecule is COC(=O)c1ccc(C)nc1N. The third kappa shape index (κ3) is 1.53. The van der Waals surface area contributed by atoms with Gasteiger partial charge in [0, 0.05) is 5.69 Å². The number of aromatic nitrogens is 1. The van der Waals surface area contributed by atoms with Crippen molar-refractivity contribution in [3.05, 3.63) is 23.4 Å². The third-order valence-electron chi connectivity index (χ3n) is 1.47. The highest BCUT2D eigenvalue weighted by molar-refractivity contribution is 5.93. The first-order valence-corrected chi connectivity index (χ1v) is 3.46. The molecular weight excluding hydrogens is 156 g/mol. The number of anilines is 1. The molecule has 0 aliphatic heterocycles. The van der Waals surface area contributed by atoms with E-state index in [-0.39, 0.29) is 5.82 Å². The second kappa shape index (κ2) is 3.21. The average molecular weight is 166 g/mol. The van der Waals surface area contributed by atoms with Crippen LogP contribution in [0.4, 0.5) is 5.82 Å². The van der Waals surface area contributed by atoms with Crippen molar-refractivity contribution >= 4 is 11.8 Å². The number of rotatable bonds is 1. The van der Waals surface area contributed by atoms with Crippen LogP contribution >= 0.6 is 0 Å². The highest BCUT2D eigenvalue weighted by atomic mass is 16.5. The second-order valence-electron chi connectivity index (χ2n) is 2.38. The van der Waals surface area contributed by atoms with Crippen LogP contribution in [0.2, 0.25) is 0 Å². The van der Waals surface area contributed by atoms with Gasteiger partial charge in [-0.2, -0.15) is 0 Å². The average Bonchev–Trinajstić information content (AvgIpc) is 2.03. The summed E-state index contributed by atoms with van der Waals surface area (Å²) < 4.78 is 4.50. The van der Waals surface area contributed by atoms with Crippen LogP contribution in [0.25, 0.3) is 0 Å². The van der Waals surface area contributed by atoms with E-state index >= 15 is 0 Å². The molecule has 0 aromatic carbocycles. The smallest absolute Gasteiger partial charge is 0.341 e. The Labute approximate surface area is 70.4 Å². The lowest BCUT2D eigenvalue weighted by molar-refractivity contribution is 0.0601. The van der Waals surface area contributed by atoms with Crippen LogP contribution in [0, 0.1) is 6.92 Å². The van der Waals surface area contributed by atoms with Crippen molar-refractivity contribution in [2.45, 2.75) is 6.92 Å². The number of nitrogens with zero attached hydrogens (tertiary/aromatic N) is 1. The first-order valence-electron chi connectivity index (χ1n) is 3.46. The number of esters is 1. The summed E-state index contributed by atoms with van der Waals surface area (Å²) in [6.45, 7) is 1.80. The zero-order valence-corrected chi connectivity index (χ0v) is 7.00. The summed E-state index contributed by atoms with van der Waals surface area (Å²) in [4.78, 5) is 14.9. The highest BCUT2D eigenvalue weighted by Gasteiger charge is 2.09. The van der Waals surface area contributed by atoms with Gasteiger partial charge in [0.15, 0.2) is 0 Å². The zero-order chi connectivity index (χ0) is 9.14. The molecule has 12 heavy (non-hydrogen) atoms. The van der Waals surface area contributed by atoms with Crippen molar-refractivity contribution < 1.29 is 9.53 Å². The Kier molecular flexibility index (Phi) is 2.28. The van der Waals surface area contributed by atoms with Gasteiger partial charge in [0.2, 0.25) is 0 Å². The minimum atomic E-state index is -0.458. The number of carbonyl (C=O) groups excluding carboxylic acids is 1. The highest BCUT2D eigenvalue weighted by Crippen LogP contribution is 2.09. The van der Waals surface area contributed by atoms with Crippen LogP contribution in [-0.2, 0) is 4.74 Å². The number of hydrogen-bond donors (Lipinski definition) is 1. The first-order chi connectivity index (χ1) is 5.65. The molecular formula is C8H10N2O2. The Morgan fingerprint density at radius 3 is 2.75 bits per heavy atom. The van der Waals surface area contributed by atoms with Gasteiger partial charge < -0.3 is 10.5 Å². The summed E-state index contributed by atoms with van der Waals surface area (Å²) in [5, 5.41) is 0. The van der Waals surface area contributed by atoms with Gasteiger partial charge in [-0.15, -0.1) is 0 Å². The van der Waals surface area contributed by atoms with Crippen molar-refractivity contribution in [3.63, 3.8) is 0 Å². The van der Waals surface area contributed by atoms with Crippen molar-refractivity contribution in [2.75, 3.05) is 12.8 Å². The molecule has 0 atom stereocenters. The molecule has 4 heteroatoms. The molecule has 0 aliphatic rings. The third-order valence-corrected chi connectivity index (χ3v) is 1.47. The fourth-order valence-electron chi connectivity index (χ4n) is 0.859. The molecule has 0 saturated carbocycles.